The summed E-state index contributed by atoms with van der Waals surface area (Å²) in [5, 5.41) is 0. The second-order valence-electron chi connectivity index (χ2n) is 6.08. The number of hydrogen-bond acceptors (Lipinski definition) is 6. The molecular weight excluding hydrogens is 396 g/mol. The first kappa shape index (κ1) is 20.3. The number of hydrogen-bond donors (Lipinski definition) is 1. The van der Waals surface area contributed by atoms with Gasteiger partial charge in [0.2, 0.25) is 10.0 Å². The third-order valence-corrected chi connectivity index (χ3v) is 6.59. The molecule has 0 aliphatic heterocycles. The van der Waals surface area contributed by atoms with Crippen LogP contribution in [0.25, 0.3) is 0 Å². The Hall–Kier alpha value is -2.42. The van der Waals surface area contributed by atoms with E-state index in [1.807, 2.05) is 18.5 Å². The van der Waals surface area contributed by atoms with Crippen molar-refractivity contribution in [1.82, 2.24) is 9.71 Å². The summed E-state index contributed by atoms with van der Waals surface area (Å²) >= 11 is 1.62. The predicted molar refractivity (Wildman–Crippen MR) is 110 cm³/mol. The summed E-state index contributed by atoms with van der Waals surface area (Å²) < 4.78 is 38.5. The van der Waals surface area contributed by atoms with Crippen molar-refractivity contribution in [3.05, 3.63) is 70.2 Å². The Morgan fingerprint density at radius 3 is 2.57 bits per heavy atom. The molecular formula is C20H22N2O4S2. The number of thiazole rings is 1. The lowest BCUT2D eigenvalue weighted by Crippen LogP contribution is -2.23. The summed E-state index contributed by atoms with van der Waals surface area (Å²) in [5.41, 5.74) is 3.64. The monoisotopic (exact) mass is 418 g/mol. The molecule has 28 heavy (non-hydrogen) atoms. The molecule has 148 valence electrons. The number of benzene rings is 2. The second kappa shape index (κ2) is 9.18. The van der Waals surface area contributed by atoms with Crippen LogP contribution in [0, 0.1) is 6.92 Å². The number of methoxy groups -OCH3 is 1. The molecule has 6 nitrogen and oxygen atoms in total. The molecule has 3 aromatic rings. The van der Waals surface area contributed by atoms with Crippen molar-refractivity contribution < 1.29 is 17.9 Å². The van der Waals surface area contributed by atoms with Gasteiger partial charge in [-0.15, -0.1) is 11.3 Å². The van der Waals surface area contributed by atoms with Crippen LogP contribution in [0.5, 0.6) is 11.5 Å². The van der Waals surface area contributed by atoms with Crippen LogP contribution in [-0.2, 0) is 23.0 Å². The van der Waals surface area contributed by atoms with E-state index in [2.05, 4.69) is 9.71 Å². The summed E-state index contributed by atoms with van der Waals surface area (Å²) in [7, 11) is -2.00. The molecule has 0 bridgehead atoms. The van der Waals surface area contributed by atoms with E-state index in [-0.39, 0.29) is 11.4 Å². The topological polar surface area (TPSA) is 77.5 Å². The third-order valence-electron chi connectivity index (χ3n) is 4.18. The fraction of sp³-hybridized carbons (Fsp3) is 0.250. The highest BCUT2D eigenvalue weighted by Gasteiger charge is 2.14. The molecule has 0 unspecified atom stereocenters. The molecule has 1 heterocycles. The first-order valence-corrected chi connectivity index (χ1v) is 11.1. The number of rotatable bonds is 9. The number of sulfonamides is 1. The van der Waals surface area contributed by atoms with Gasteiger partial charge in [-0.1, -0.05) is 24.3 Å². The zero-order valence-corrected chi connectivity index (χ0v) is 17.3. The fourth-order valence-corrected chi connectivity index (χ4v) is 4.42. The zero-order chi connectivity index (χ0) is 20.0. The van der Waals surface area contributed by atoms with E-state index in [1.54, 1.807) is 60.9 Å². The number of nitrogens with zero attached hydrogens (tertiary/aromatic N) is 1. The van der Waals surface area contributed by atoms with Crippen molar-refractivity contribution in [2.45, 2.75) is 24.8 Å². The van der Waals surface area contributed by atoms with Crippen molar-refractivity contribution in [1.29, 1.82) is 0 Å². The van der Waals surface area contributed by atoms with Gasteiger partial charge in [-0.2, -0.15) is 0 Å². The van der Waals surface area contributed by atoms with Crippen LogP contribution < -0.4 is 14.2 Å². The first-order chi connectivity index (χ1) is 13.5. The molecule has 0 amide bonds. The van der Waals surface area contributed by atoms with Crippen molar-refractivity contribution >= 4 is 21.4 Å². The largest absolute Gasteiger partial charge is 0.493 e. The minimum Gasteiger partial charge on any atom is -0.493 e. The highest BCUT2D eigenvalue weighted by Crippen LogP contribution is 2.28. The van der Waals surface area contributed by atoms with Crippen molar-refractivity contribution in [2.24, 2.45) is 0 Å². The number of nitrogens with one attached hydrogen (secondary N) is 1. The molecule has 1 N–H and O–H groups in total. The first-order valence-electron chi connectivity index (χ1n) is 8.73. The molecule has 3 rings (SSSR count). The van der Waals surface area contributed by atoms with Gasteiger partial charge in [-0.25, -0.2) is 18.1 Å². The Morgan fingerprint density at radius 2 is 1.89 bits per heavy atom. The SMILES string of the molecule is COc1cc(CNS(=O)(=O)c2ccccc2)ccc1OCCc1scnc1C. The molecule has 0 aliphatic rings. The van der Waals surface area contributed by atoms with Gasteiger partial charge >= 0.3 is 0 Å². The smallest absolute Gasteiger partial charge is 0.240 e. The average Bonchev–Trinajstić information content (AvgIpc) is 3.12. The van der Waals surface area contributed by atoms with Gasteiger partial charge in [0, 0.05) is 17.8 Å². The molecule has 0 radical (unpaired) electrons. The van der Waals surface area contributed by atoms with Crippen molar-refractivity contribution in [3.63, 3.8) is 0 Å². The summed E-state index contributed by atoms with van der Waals surface area (Å²) in [6, 6.07) is 13.7. The second-order valence-corrected chi connectivity index (χ2v) is 8.79. The van der Waals surface area contributed by atoms with E-state index in [0.29, 0.717) is 18.1 Å². The van der Waals surface area contributed by atoms with Crippen LogP contribution in [0.4, 0.5) is 0 Å². The predicted octanol–water partition coefficient (Wildman–Crippen LogP) is 3.56. The number of aryl methyl sites for hydroxylation is 1. The molecule has 2 aromatic carbocycles. The van der Waals surface area contributed by atoms with E-state index >= 15 is 0 Å². The minimum absolute atomic E-state index is 0.161. The molecule has 0 aliphatic carbocycles. The van der Waals surface area contributed by atoms with Gasteiger partial charge < -0.3 is 9.47 Å². The lowest BCUT2D eigenvalue weighted by Gasteiger charge is -2.13. The van der Waals surface area contributed by atoms with E-state index < -0.39 is 10.0 Å². The number of ether oxygens (including phenoxy) is 2. The normalized spacial score (nSPS) is 11.4. The molecule has 0 saturated carbocycles. The van der Waals surface area contributed by atoms with E-state index in [1.165, 1.54) is 4.88 Å². The van der Waals surface area contributed by atoms with Crippen LogP contribution >= 0.6 is 11.3 Å². The van der Waals surface area contributed by atoms with Crippen LogP contribution in [-0.4, -0.2) is 27.1 Å². The molecule has 0 saturated heterocycles. The zero-order valence-electron chi connectivity index (χ0n) is 15.7. The number of aromatic nitrogens is 1. The van der Waals surface area contributed by atoms with Gasteiger partial charge in [0.15, 0.2) is 11.5 Å². The molecule has 0 spiro atoms. The summed E-state index contributed by atoms with van der Waals surface area (Å²) in [4.78, 5) is 5.67. The quantitative estimate of drug-likeness (QED) is 0.575. The standard InChI is InChI=1S/C20H22N2O4S2/c1-15-20(27-14-21-15)10-11-26-18-9-8-16(12-19(18)25-2)13-22-28(23,24)17-6-4-3-5-7-17/h3-9,12,14,22H,10-11,13H2,1-2H3. The molecule has 1 aromatic heterocycles. The van der Waals surface area contributed by atoms with E-state index in [4.69, 9.17) is 9.47 Å². The molecule has 0 fully saturated rings. The van der Waals surface area contributed by atoms with Crippen LogP contribution in [0.1, 0.15) is 16.1 Å². The highest BCUT2D eigenvalue weighted by molar-refractivity contribution is 7.89. The minimum atomic E-state index is -3.56. The maximum Gasteiger partial charge on any atom is 0.240 e. The lowest BCUT2D eigenvalue weighted by atomic mass is 10.2. The van der Waals surface area contributed by atoms with E-state index in [9.17, 15) is 8.42 Å². The summed E-state index contributed by atoms with van der Waals surface area (Å²) in [5.74, 6) is 1.19. The Balaban J connectivity index is 1.62. The summed E-state index contributed by atoms with van der Waals surface area (Å²) in [6.45, 7) is 2.66. The van der Waals surface area contributed by atoms with Gasteiger partial charge in [0.05, 0.1) is 29.8 Å². The van der Waals surface area contributed by atoms with Crippen LogP contribution in [0.15, 0.2) is 58.9 Å². The molecule has 8 heteroatoms. The Bertz CT molecular complexity index is 1020. The lowest BCUT2D eigenvalue weighted by molar-refractivity contribution is 0.298. The Labute approximate surface area is 169 Å². The maximum atomic E-state index is 12.3. The maximum absolute atomic E-state index is 12.3. The fourth-order valence-electron chi connectivity index (χ4n) is 2.62. The Kier molecular flexibility index (Phi) is 6.66. The van der Waals surface area contributed by atoms with Gasteiger partial charge in [-0.3, -0.25) is 0 Å². The van der Waals surface area contributed by atoms with Gasteiger partial charge in [0.25, 0.3) is 0 Å². The average molecular weight is 419 g/mol. The van der Waals surface area contributed by atoms with Gasteiger partial charge in [0.1, 0.15) is 0 Å². The third kappa shape index (κ3) is 5.09. The Morgan fingerprint density at radius 1 is 1.11 bits per heavy atom. The van der Waals surface area contributed by atoms with Crippen molar-refractivity contribution in [2.75, 3.05) is 13.7 Å². The van der Waals surface area contributed by atoms with Crippen molar-refractivity contribution in [3.8, 4) is 11.5 Å². The van der Waals surface area contributed by atoms with Crippen LogP contribution in [0.3, 0.4) is 0 Å². The summed E-state index contributed by atoms with van der Waals surface area (Å²) in [6.07, 6.45) is 0.776. The van der Waals surface area contributed by atoms with Gasteiger partial charge in [-0.05, 0) is 36.8 Å². The van der Waals surface area contributed by atoms with Crippen LogP contribution in [0.2, 0.25) is 0 Å². The highest BCUT2D eigenvalue weighted by atomic mass is 32.2. The van der Waals surface area contributed by atoms with E-state index in [0.717, 1.165) is 17.7 Å². The molecule has 0 atom stereocenters.